The second-order valence-corrected chi connectivity index (χ2v) is 10.5. The van der Waals surface area contributed by atoms with Crippen LogP contribution < -0.4 is 15.6 Å². The molecular formula is C24H26OSi. The maximum Gasteiger partial charge on any atom is 0.288 e. The molecule has 3 aromatic rings. The molecule has 1 aliphatic rings. The summed E-state index contributed by atoms with van der Waals surface area (Å²) in [5.41, 5.74) is 0. The van der Waals surface area contributed by atoms with Crippen LogP contribution in [0.3, 0.4) is 0 Å². The second-order valence-electron chi connectivity index (χ2n) is 7.16. The van der Waals surface area contributed by atoms with Gasteiger partial charge in [-0.15, -0.1) is 0 Å². The highest BCUT2D eigenvalue weighted by Gasteiger charge is 2.43. The molecule has 132 valence electrons. The summed E-state index contributed by atoms with van der Waals surface area (Å²) in [6.07, 6.45) is 6.64. The van der Waals surface area contributed by atoms with Crippen molar-refractivity contribution in [2.45, 2.75) is 38.2 Å². The highest BCUT2D eigenvalue weighted by molar-refractivity contribution is 7.07. The van der Waals surface area contributed by atoms with E-state index in [9.17, 15) is 0 Å². The maximum absolute atomic E-state index is 7.18. The molecule has 3 aromatic carbocycles. The zero-order valence-electron chi connectivity index (χ0n) is 15.2. The molecule has 0 aromatic heterocycles. The fourth-order valence-electron chi connectivity index (χ4n) is 4.16. The zero-order chi connectivity index (χ0) is 17.7. The Hall–Kier alpha value is -2.16. The lowest BCUT2D eigenvalue weighted by molar-refractivity contribution is 0.154. The summed E-state index contributed by atoms with van der Waals surface area (Å²) in [6.45, 7) is 0. The van der Waals surface area contributed by atoms with Gasteiger partial charge in [-0.2, -0.15) is 0 Å². The van der Waals surface area contributed by atoms with Crippen LogP contribution in [0, 0.1) is 0 Å². The van der Waals surface area contributed by atoms with Gasteiger partial charge in [0.15, 0.2) is 0 Å². The summed E-state index contributed by atoms with van der Waals surface area (Å²) in [5.74, 6) is 0. The van der Waals surface area contributed by atoms with Crippen LogP contribution in [-0.2, 0) is 4.43 Å². The molecule has 0 aliphatic heterocycles. The number of rotatable bonds is 5. The van der Waals surface area contributed by atoms with Crippen LogP contribution in [0.5, 0.6) is 0 Å². The zero-order valence-corrected chi connectivity index (χ0v) is 16.2. The monoisotopic (exact) mass is 358 g/mol. The smallest absolute Gasteiger partial charge is 0.288 e. The van der Waals surface area contributed by atoms with E-state index in [4.69, 9.17) is 4.43 Å². The van der Waals surface area contributed by atoms with Gasteiger partial charge in [0.2, 0.25) is 0 Å². The van der Waals surface area contributed by atoms with Gasteiger partial charge in [-0.25, -0.2) is 0 Å². The molecule has 4 rings (SSSR count). The van der Waals surface area contributed by atoms with Gasteiger partial charge >= 0.3 is 0 Å². The van der Waals surface area contributed by atoms with Crippen molar-refractivity contribution < 1.29 is 4.43 Å². The van der Waals surface area contributed by atoms with E-state index in [-0.39, 0.29) is 0 Å². The van der Waals surface area contributed by atoms with Crippen molar-refractivity contribution in [2.24, 2.45) is 0 Å². The average Bonchev–Trinajstić information content (AvgIpc) is 2.75. The second kappa shape index (κ2) is 8.03. The lowest BCUT2D eigenvalue weighted by Crippen LogP contribution is -2.70. The molecule has 0 heterocycles. The first-order valence-corrected chi connectivity index (χ1v) is 11.6. The van der Waals surface area contributed by atoms with Gasteiger partial charge in [0.1, 0.15) is 0 Å². The summed E-state index contributed by atoms with van der Waals surface area (Å²) < 4.78 is 7.18. The molecule has 1 saturated carbocycles. The van der Waals surface area contributed by atoms with Crippen LogP contribution in [0.1, 0.15) is 32.1 Å². The van der Waals surface area contributed by atoms with Crippen molar-refractivity contribution in [1.82, 2.24) is 0 Å². The Bertz CT molecular complexity index is 699. The van der Waals surface area contributed by atoms with Crippen LogP contribution in [0.4, 0.5) is 0 Å². The largest absolute Gasteiger partial charge is 0.401 e. The predicted octanol–water partition coefficient (Wildman–Crippen LogP) is 4.00. The van der Waals surface area contributed by atoms with Gasteiger partial charge in [-0.05, 0) is 28.4 Å². The molecule has 1 nitrogen and oxygen atoms in total. The molecule has 1 fully saturated rings. The van der Waals surface area contributed by atoms with E-state index in [2.05, 4.69) is 91.0 Å². The van der Waals surface area contributed by atoms with Gasteiger partial charge in [0.25, 0.3) is 8.32 Å². The van der Waals surface area contributed by atoms with Gasteiger partial charge in [-0.1, -0.05) is 110 Å². The third kappa shape index (κ3) is 3.40. The third-order valence-electron chi connectivity index (χ3n) is 5.44. The molecule has 0 N–H and O–H groups in total. The molecule has 2 heteroatoms. The van der Waals surface area contributed by atoms with Crippen molar-refractivity contribution in [2.75, 3.05) is 0 Å². The van der Waals surface area contributed by atoms with Crippen LogP contribution in [-0.4, -0.2) is 14.4 Å². The molecule has 0 amide bonds. The third-order valence-corrected chi connectivity index (χ3v) is 9.56. The van der Waals surface area contributed by atoms with Crippen molar-refractivity contribution in [1.29, 1.82) is 0 Å². The van der Waals surface area contributed by atoms with Crippen LogP contribution >= 0.6 is 0 Å². The lowest BCUT2D eigenvalue weighted by Gasteiger charge is -2.38. The molecule has 0 radical (unpaired) electrons. The fraction of sp³-hybridized carbons (Fsp3) is 0.250. The highest BCUT2D eigenvalue weighted by Crippen LogP contribution is 2.24. The van der Waals surface area contributed by atoms with E-state index >= 15 is 0 Å². The van der Waals surface area contributed by atoms with Gasteiger partial charge in [0.05, 0.1) is 0 Å². The minimum atomic E-state index is -2.51. The topological polar surface area (TPSA) is 9.23 Å². The van der Waals surface area contributed by atoms with Gasteiger partial charge in [-0.3, -0.25) is 0 Å². The number of hydrogen-bond acceptors (Lipinski definition) is 1. The predicted molar refractivity (Wildman–Crippen MR) is 112 cm³/mol. The SMILES string of the molecule is c1ccc([Si](OC2CCCCC2)(c2ccccc2)c2ccccc2)cc1. The summed E-state index contributed by atoms with van der Waals surface area (Å²) in [6, 6.07) is 32.7. The Kier molecular flexibility index (Phi) is 5.33. The maximum atomic E-state index is 7.18. The molecule has 1 aliphatic carbocycles. The molecule has 26 heavy (non-hydrogen) atoms. The normalized spacial score (nSPS) is 15.7. The minimum Gasteiger partial charge on any atom is -0.401 e. The number of benzene rings is 3. The first-order chi connectivity index (χ1) is 12.9. The summed E-state index contributed by atoms with van der Waals surface area (Å²) in [7, 11) is -2.51. The van der Waals surface area contributed by atoms with Gasteiger partial charge in [0, 0.05) is 6.10 Å². The van der Waals surface area contributed by atoms with E-state index in [0.29, 0.717) is 6.10 Å². The standard InChI is InChI=1S/C24H26OSi/c1-5-13-21(14-6-1)25-26(22-15-7-2-8-16-22,23-17-9-3-10-18-23)24-19-11-4-12-20-24/h2-4,7-12,15-21H,1,5-6,13-14H2. The molecular weight excluding hydrogens is 332 g/mol. The van der Waals surface area contributed by atoms with E-state index in [0.717, 1.165) is 0 Å². The van der Waals surface area contributed by atoms with Crippen molar-refractivity contribution in [3.05, 3.63) is 91.0 Å². The summed E-state index contributed by atoms with van der Waals surface area (Å²) in [5, 5.41) is 4.01. The molecule has 0 spiro atoms. The Morgan fingerprint density at radius 3 is 1.31 bits per heavy atom. The Balaban J connectivity index is 1.90. The quantitative estimate of drug-likeness (QED) is 0.495. The first kappa shape index (κ1) is 17.3. The van der Waals surface area contributed by atoms with Gasteiger partial charge < -0.3 is 4.43 Å². The Morgan fingerprint density at radius 2 is 0.923 bits per heavy atom. The molecule has 0 bridgehead atoms. The fourth-order valence-corrected chi connectivity index (χ4v) is 8.29. The van der Waals surface area contributed by atoms with E-state index in [1.54, 1.807) is 0 Å². The van der Waals surface area contributed by atoms with Crippen molar-refractivity contribution in [3.63, 3.8) is 0 Å². The lowest BCUT2D eigenvalue weighted by atomic mass is 9.98. The van der Waals surface area contributed by atoms with Crippen LogP contribution in [0.25, 0.3) is 0 Å². The summed E-state index contributed by atoms with van der Waals surface area (Å²) >= 11 is 0. The van der Waals surface area contributed by atoms with Crippen molar-refractivity contribution in [3.8, 4) is 0 Å². The summed E-state index contributed by atoms with van der Waals surface area (Å²) in [4.78, 5) is 0. The first-order valence-electron chi connectivity index (χ1n) is 9.74. The molecule has 0 atom stereocenters. The van der Waals surface area contributed by atoms with E-state index in [1.165, 1.54) is 47.7 Å². The average molecular weight is 359 g/mol. The van der Waals surface area contributed by atoms with E-state index < -0.39 is 8.32 Å². The molecule has 0 saturated heterocycles. The Morgan fingerprint density at radius 1 is 0.538 bits per heavy atom. The molecule has 0 unspecified atom stereocenters. The van der Waals surface area contributed by atoms with Crippen LogP contribution in [0.15, 0.2) is 91.0 Å². The van der Waals surface area contributed by atoms with E-state index in [1.807, 2.05) is 0 Å². The minimum absolute atomic E-state index is 0.357. The van der Waals surface area contributed by atoms with Crippen LogP contribution in [0.2, 0.25) is 0 Å². The highest BCUT2D eigenvalue weighted by atomic mass is 28.4. The Labute approximate surface area is 157 Å². The van der Waals surface area contributed by atoms with Crippen molar-refractivity contribution >= 4 is 23.9 Å². The number of hydrogen-bond donors (Lipinski definition) is 0.